The maximum Gasteiger partial charge on any atom is 0.172 e. The molecule has 2 aromatic heterocycles. The number of nitrogen functional groups attached to an aromatic ring is 1. The zero-order chi connectivity index (χ0) is 11.0. The van der Waals surface area contributed by atoms with E-state index in [9.17, 15) is 5.11 Å². The van der Waals surface area contributed by atoms with Crippen molar-refractivity contribution in [1.82, 2.24) is 20.2 Å². The molecule has 15 heavy (non-hydrogen) atoms. The van der Waals surface area contributed by atoms with E-state index in [-0.39, 0.29) is 0 Å². The molecule has 0 spiro atoms. The predicted molar refractivity (Wildman–Crippen MR) is 56.1 cm³/mol. The monoisotopic (exact) mass is 208 g/mol. The number of aromatic amines is 1. The molecule has 0 aliphatic rings. The van der Waals surface area contributed by atoms with E-state index in [0.29, 0.717) is 28.5 Å². The van der Waals surface area contributed by atoms with Crippen LogP contribution in [0.3, 0.4) is 0 Å². The van der Waals surface area contributed by atoms with Crippen LogP contribution in [-0.2, 0) is 0 Å². The van der Waals surface area contributed by atoms with Crippen molar-refractivity contribution < 1.29 is 5.11 Å². The topological polar surface area (TPSA) is 113 Å². The van der Waals surface area contributed by atoms with Crippen molar-refractivity contribution in [2.75, 3.05) is 11.1 Å². The minimum atomic E-state index is -0.702. The number of aliphatic hydroxyl groups is 1. The fourth-order valence-corrected chi connectivity index (χ4v) is 1.34. The summed E-state index contributed by atoms with van der Waals surface area (Å²) in [5.74, 6) is 1.39. The number of anilines is 2. The standard InChI is InChI=1S/C8H12N6O/c1-3-10-5-6(13-14-7(5)9)8(11-3)12-4(2)15/h4,15H,1-2H3,(H3,9,13,14)(H,10,11,12). The molecule has 1 atom stereocenters. The first kappa shape index (κ1) is 9.66. The largest absolute Gasteiger partial charge is 0.380 e. The average Bonchev–Trinajstić information content (AvgIpc) is 2.47. The van der Waals surface area contributed by atoms with Crippen LogP contribution in [0.15, 0.2) is 0 Å². The van der Waals surface area contributed by atoms with E-state index in [0.717, 1.165) is 0 Å². The fourth-order valence-electron chi connectivity index (χ4n) is 1.34. The molecule has 0 fully saturated rings. The number of nitrogens with two attached hydrogens (primary N) is 1. The van der Waals surface area contributed by atoms with Gasteiger partial charge in [0.25, 0.3) is 0 Å². The molecular weight excluding hydrogens is 196 g/mol. The molecule has 0 aliphatic carbocycles. The van der Waals surface area contributed by atoms with E-state index in [1.807, 2.05) is 0 Å². The van der Waals surface area contributed by atoms with Crippen LogP contribution in [0, 0.1) is 6.92 Å². The third-order valence-corrected chi connectivity index (χ3v) is 1.90. The third kappa shape index (κ3) is 1.68. The number of fused-ring (bicyclic) bond motifs is 1. The smallest absolute Gasteiger partial charge is 0.172 e. The summed E-state index contributed by atoms with van der Waals surface area (Å²) < 4.78 is 0. The summed E-state index contributed by atoms with van der Waals surface area (Å²) in [7, 11) is 0. The fraction of sp³-hybridized carbons (Fsp3) is 0.375. The van der Waals surface area contributed by atoms with E-state index in [2.05, 4.69) is 25.5 Å². The summed E-state index contributed by atoms with van der Waals surface area (Å²) in [6.07, 6.45) is -0.702. The van der Waals surface area contributed by atoms with Crippen LogP contribution in [0.1, 0.15) is 12.7 Å². The van der Waals surface area contributed by atoms with Crippen LogP contribution < -0.4 is 11.1 Å². The highest BCUT2D eigenvalue weighted by atomic mass is 16.3. The van der Waals surface area contributed by atoms with Crippen LogP contribution in [-0.4, -0.2) is 31.5 Å². The van der Waals surface area contributed by atoms with Gasteiger partial charge >= 0.3 is 0 Å². The van der Waals surface area contributed by atoms with Gasteiger partial charge in [-0.3, -0.25) is 5.10 Å². The van der Waals surface area contributed by atoms with Gasteiger partial charge < -0.3 is 16.2 Å². The first-order valence-corrected chi connectivity index (χ1v) is 4.50. The summed E-state index contributed by atoms with van der Waals surface area (Å²) in [5.41, 5.74) is 6.78. The molecule has 2 rings (SSSR count). The summed E-state index contributed by atoms with van der Waals surface area (Å²) in [4.78, 5) is 8.30. The second kappa shape index (κ2) is 3.35. The molecule has 0 saturated carbocycles. The highest BCUT2D eigenvalue weighted by Gasteiger charge is 2.11. The molecule has 0 aromatic carbocycles. The van der Waals surface area contributed by atoms with Gasteiger partial charge in [-0.1, -0.05) is 0 Å². The summed E-state index contributed by atoms with van der Waals surface area (Å²) in [6.45, 7) is 3.35. The third-order valence-electron chi connectivity index (χ3n) is 1.90. The lowest BCUT2D eigenvalue weighted by molar-refractivity contribution is 0.224. The van der Waals surface area contributed by atoms with Crippen molar-refractivity contribution in [2.45, 2.75) is 20.1 Å². The first-order chi connectivity index (χ1) is 7.08. The maximum atomic E-state index is 9.23. The SMILES string of the molecule is Cc1nc(NC(C)O)c2[nH]nc(N)c2n1. The van der Waals surface area contributed by atoms with Crippen LogP contribution in [0.2, 0.25) is 0 Å². The number of hydrogen-bond donors (Lipinski definition) is 4. The van der Waals surface area contributed by atoms with Crippen molar-refractivity contribution in [1.29, 1.82) is 0 Å². The first-order valence-electron chi connectivity index (χ1n) is 4.50. The number of aliphatic hydroxyl groups excluding tert-OH is 1. The van der Waals surface area contributed by atoms with Crippen LogP contribution in [0.25, 0.3) is 11.0 Å². The van der Waals surface area contributed by atoms with Crippen molar-refractivity contribution in [3.05, 3.63) is 5.82 Å². The molecule has 7 nitrogen and oxygen atoms in total. The molecule has 2 heterocycles. The Bertz CT molecular complexity index is 491. The second-order valence-corrected chi connectivity index (χ2v) is 3.27. The second-order valence-electron chi connectivity index (χ2n) is 3.27. The Balaban J connectivity index is 2.61. The van der Waals surface area contributed by atoms with Crippen LogP contribution >= 0.6 is 0 Å². The zero-order valence-corrected chi connectivity index (χ0v) is 8.44. The molecule has 0 aliphatic heterocycles. The van der Waals surface area contributed by atoms with Crippen LogP contribution in [0.4, 0.5) is 11.6 Å². The summed E-state index contributed by atoms with van der Waals surface area (Å²) in [6, 6.07) is 0. The van der Waals surface area contributed by atoms with E-state index in [4.69, 9.17) is 5.73 Å². The number of nitrogens with zero attached hydrogens (tertiary/aromatic N) is 3. The van der Waals surface area contributed by atoms with Gasteiger partial charge in [0, 0.05) is 0 Å². The van der Waals surface area contributed by atoms with Crippen molar-refractivity contribution in [3.63, 3.8) is 0 Å². The molecule has 7 heteroatoms. The number of rotatable bonds is 2. The van der Waals surface area contributed by atoms with Crippen LogP contribution in [0.5, 0.6) is 0 Å². The molecular formula is C8H12N6O. The number of hydrogen-bond acceptors (Lipinski definition) is 6. The van der Waals surface area contributed by atoms with E-state index >= 15 is 0 Å². The van der Waals surface area contributed by atoms with E-state index in [1.165, 1.54) is 0 Å². The minimum Gasteiger partial charge on any atom is -0.380 e. The van der Waals surface area contributed by atoms with Gasteiger partial charge in [0.05, 0.1) is 0 Å². The van der Waals surface area contributed by atoms with Gasteiger partial charge in [-0.25, -0.2) is 9.97 Å². The number of nitrogens with one attached hydrogen (secondary N) is 2. The average molecular weight is 208 g/mol. The summed E-state index contributed by atoms with van der Waals surface area (Å²) in [5, 5.41) is 18.6. The number of aromatic nitrogens is 4. The van der Waals surface area contributed by atoms with Gasteiger partial charge in [0.1, 0.15) is 23.1 Å². The Morgan fingerprint density at radius 3 is 2.87 bits per heavy atom. The highest BCUT2D eigenvalue weighted by molar-refractivity contribution is 5.92. The Hall–Kier alpha value is -1.89. The Morgan fingerprint density at radius 2 is 2.20 bits per heavy atom. The molecule has 80 valence electrons. The minimum absolute atomic E-state index is 0.323. The van der Waals surface area contributed by atoms with E-state index in [1.54, 1.807) is 13.8 Å². The van der Waals surface area contributed by atoms with Crippen molar-refractivity contribution >= 4 is 22.7 Å². The molecule has 0 radical (unpaired) electrons. The van der Waals surface area contributed by atoms with E-state index < -0.39 is 6.23 Å². The van der Waals surface area contributed by atoms with Gasteiger partial charge in [-0.05, 0) is 13.8 Å². The number of H-pyrrole nitrogens is 1. The molecule has 0 amide bonds. The van der Waals surface area contributed by atoms with Crippen molar-refractivity contribution in [2.24, 2.45) is 0 Å². The quantitative estimate of drug-likeness (QED) is 0.516. The molecule has 5 N–H and O–H groups in total. The molecule has 0 bridgehead atoms. The van der Waals surface area contributed by atoms with Gasteiger partial charge in [0.2, 0.25) is 0 Å². The summed E-state index contributed by atoms with van der Waals surface area (Å²) >= 11 is 0. The molecule has 0 saturated heterocycles. The van der Waals surface area contributed by atoms with Crippen molar-refractivity contribution in [3.8, 4) is 0 Å². The molecule has 1 unspecified atom stereocenters. The molecule has 2 aromatic rings. The van der Waals surface area contributed by atoms with Gasteiger partial charge in [-0.15, -0.1) is 0 Å². The normalized spacial score (nSPS) is 13.0. The lowest BCUT2D eigenvalue weighted by Gasteiger charge is -2.08. The zero-order valence-electron chi connectivity index (χ0n) is 8.44. The van der Waals surface area contributed by atoms with Gasteiger partial charge in [-0.2, -0.15) is 5.10 Å². The Morgan fingerprint density at radius 1 is 1.47 bits per heavy atom. The lowest BCUT2D eigenvalue weighted by atomic mass is 10.4. The predicted octanol–water partition coefficient (Wildman–Crippen LogP) is -0.00628. The Kier molecular flexibility index (Phi) is 2.16. The maximum absolute atomic E-state index is 9.23. The number of aryl methyl sites for hydroxylation is 1. The van der Waals surface area contributed by atoms with Gasteiger partial charge in [0.15, 0.2) is 11.6 Å². The Labute approximate surface area is 85.7 Å². The lowest BCUT2D eigenvalue weighted by Crippen LogP contribution is -2.15. The highest BCUT2D eigenvalue weighted by Crippen LogP contribution is 2.21.